The molecule has 1 aromatic heterocycles. The molecular formula is C20H23N3O5. The van der Waals surface area contributed by atoms with Gasteiger partial charge in [0.25, 0.3) is 5.91 Å². The summed E-state index contributed by atoms with van der Waals surface area (Å²) in [7, 11) is 1.88. The highest BCUT2D eigenvalue weighted by atomic mass is 16.7. The van der Waals surface area contributed by atoms with Crippen LogP contribution in [0.4, 0.5) is 0 Å². The standard InChI is InChI=1S/C20H23N3O5/c1-12-15(13(2)22(3)21-12)10-23(20(25)17-6-7-19(24)28-17)9-14-4-5-16-18(8-14)27-11-26-16/h4-5,8,17H,6-7,9-11H2,1-3H3/t17-/m1/s1. The number of ether oxygens (including phenoxy) is 3. The van der Waals surface area contributed by atoms with Gasteiger partial charge in [-0.3, -0.25) is 14.3 Å². The number of cyclic esters (lactones) is 1. The highest BCUT2D eigenvalue weighted by Crippen LogP contribution is 2.33. The predicted octanol–water partition coefficient (Wildman–Crippen LogP) is 2.00. The molecule has 8 nitrogen and oxygen atoms in total. The molecule has 1 amide bonds. The lowest BCUT2D eigenvalue weighted by atomic mass is 10.1. The summed E-state index contributed by atoms with van der Waals surface area (Å²) in [5.74, 6) is 0.859. The maximum Gasteiger partial charge on any atom is 0.306 e. The van der Waals surface area contributed by atoms with Crippen molar-refractivity contribution in [1.29, 1.82) is 0 Å². The third-order valence-corrected chi connectivity index (χ3v) is 5.29. The summed E-state index contributed by atoms with van der Waals surface area (Å²) in [6.45, 7) is 4.88. The molecule has 1 fully saturated rings. The molecule has 2 aliphatic heterocycles. The Bertz CT molecular complexity index is 936. The van der Waals surface area contributed by atoms with Gasteiger partial charge in [0, 0.05) is 44.2 Å². The van der Waals surface area contributed by atoms with Gasteiger partial charge in [0.2, 0.25) is 6.79 Å². The van der Waals surface area contributed by atoms with Crippen molar-refractivity contribution in [2.45, 2.75) is 45.9 Å². The Balaban J connectivity index is 1.61. The van der Waals surface area contributed by atoms with Crippen LogP contribution < -0.4 is 9.47 Å². The van der Waals surface area contributed by atoms with Gasteiger partial charge in [-0.1, -0.05) is 6.07 Å². The molecule has 3 heterocycles. The Hall–Kier alpha value is -3.03. The number of esters is 1. The maximum absolute atomic E-state index is 13.1. The van der Waals surface area contributed by atoms with Crippen molar-refractivity contribution in [1.82, 2.24) is 14.7 Å². The van der Waals surface area contributed by atoms with E-state index in [-0.39, 0.29) is 25.1 Å². The van der Waals surface area contributed by atoms with Crippen LogP contribution in [0.2, 0.25) is 0 Å². The van der Waals surface area contributed by atoms with E-state index < -0.39 is 6.10 Å². The van der Waals surface area contributed by atoms with Gasteiger partial charge in [-0.15, -0.1) is 0 Å². The fraction of sp³-hybridized carbons (Fsp3) is 0.450. The smallest absolute Gasteiger partial charge is 0.306 e. The monoisotopic (exact) mass is 385 g/mol. The highest BCUT2D eigenvalue weighted by molar-refractivity contribution is 5.86. The fourth-order valence-corrected chi connectivity index (χ4v) is 3.61. The molecular weight excluding hydrogens is 362 g/mol. The van der Waals surface area contributed by atoms with Gasteiger partial charge in [-0.05, 0) is 31.5 Å². The zero-order valence-electron chi connectivity index (χ0n) is 16.2. The lowest BCUT2D eigenvalue weighted by molar-refractivity contribution is -0.153. The lowest BCUT2D eigenvalue weighted by Crippen LogP contribution is -2.38. The molecule has 0 radical (unpaired) electrons. The first-order chi connectivity index (χ1) is 13.4. The molecule has 0 saturated carbocycles. The summed E-state index contributed by atoms with van der Waals surface area (Å²) in [6, 6.07) is 5.64. The molecule has 0 aliphatic carbocycles. The van der Waals surface area contributed by atoms with E-state index in [0.29, 0.717) is 31.0 Å². The Labute approximate surface area is 163 Å². The van der Waals surface area contributed by atoms with Crippen LogP contribution in [0.25, 0.3) is 0 Å². The van der Waals surface area contributed by atoms with Crippen LogP contribution in [0.15, 0.2) is 18.2 Å². The summed E-state index contributed by atoms with van der Waals surface area (Å²) in [4.78, 5) is 26.3. The van der Waals surface area contributed by atoms with Gasteiger partial charge in [-0.25, -0.2) is 0 Å². The molecule has 1 atom stereocenters. The van der Waals surface area contributed by atoms with E-state index in [2.05, 4.69) is 5.10 Å². The molecule has 8 heteroatoms. The quantitative estimate of drug-likeness (QED) is 0.732. The molecule has 1 aromatic carbocycles. The lowest BCUT2D eigenvalue weighted by Gasteiger charge is -2.25. The van der Waals surface area contributed by atoms with Gasteiger partial charge in [0.15, 0.2) is 17.6 Å². The Morgan fingerprint density at radius 2 is 2.04 bits per heavy atom. The SMILES string of the molecule is Cc1nn(C)c(C)c1CN(Cc1ccc2c(c1)OCO2)C(=O)[C@H]1CCC(=O)O1. The van der Waals surface area contributed by atoms with Gasteiger partial charge >= 0.3 is 5.97 Å². The van der Waals surface area contributed by atoms with Crippen LogP contribution in [0, 0.1) is 13.8 Å². The van der Waals surface area contributed by atoms with Gasteiger partial charge in [0.05, 0.1) is 5.69 Å². The first kappa shape index (κ1) is 18.3. The number of carbonyl (C=O) groups excluding carboxylic acids is 2. The number of amides is 1. The molecule has 0 unspecified atom stereocenters. The van der Waals surface area contributed by atoms with Crippen molar-refractivity contribution in [3.8, 4) is 11.5 Å². The van der Waals surface area contributed by atoms with Crippen molar-refractivity contribution in [2.24, 2.45) is 7.05 Å². The van der Waals surface area contributed by atoms with E-state index in [1.54, 1.807) is 4.90 Å². The number of aryl methyl sites for hydroxylation is 2. The topological polar surface area (TPSA) is 82.9 Å². The molecule has 0 spiro atoms. The Kier molecular flexibility index (Phi) is 4.70. The summed E-state index contributed by atoms with van der Waals surface area (Å²) in [5.41, 5.74) is 3.80. The van der Waals surface area contributed by atoms with E-state index in [0.717, 1.165) is 22.5 Å². The molecule has 2 aliphatic rings. The van der Waals surface area contributed by atoms with Crippen molar-refractivity contribution >= 4 is 11.9 Å². The predicted molar refractivity (Wildman–Crippen MR) is 98.6 cm³/mol. The first-order valence-electron chi connectivity index (χ1n) is 9.28. The van der Waals surface area contributed by atoms with E-state index in [9.17, 15) is 9.59 Å². The van der Waals surface area contributed by atoms with Crippen molar-refractivity contribution in [3.63, 3.8) is 0 Å². The number of rotatable bonds is 5. The van der Waals surface area contributed by atoms with E-state index in [1.807, 2.05) is 43.8 Å². The molecule has 4 rings (SSSR count). The average molecular weight is 385 g/mol. The van der Waals surface area contributed by atoms with Crippen LogP contribution in [0.5, 0.6) is 11.5 Å². The van der Waals surface area contributed by atoms with E-state index in [1.165, 1.54) is 0 Å². The number of fused-ring (bicyclic) bond motifs is 1. The first-order valence-corrected chi connectivity index (χ1v) is 9.28. The normalized spacial score (nSPS) is 17.7. The van der Waals surface area contributed by atoms with Crippen LogP contribution in [0.1, 0.15) is 35.4 Å². The largest absolute Gasteiger partial charge is 0.454 e. The van der Waals surface area contributed by atoms with Crippen molar-refractivity contribution < 1.29 is 23.8 Å². The summed E-state index contributed by atoms with van der Waals surface area (Å²) < 4.78 is 17.8. The second-order valence-electron chi connectivity index (χ2n) is 7.17. The fourth-order valence-electron chi connectivity index (χ4n) is 3.61. The average Bonchev–Trinajstić information content (AvgIpc) is 3.36. The van der Waals surface area contributed by atoms with Gasteiger partial charge in [0.1, 0.15) is 0 Å². The molecule has 2 aromatic rings. The maximum atomic E-state index is 13.1. The summed E-state index contributed by atoms with van der Waals surface area (Å²) >= 11 is 0. The van der Waals surface area contributed by atoms with E-state index >= 15 is 0 Å². The highest BCUT2D eigenvalue weighted by Gasteiger charge is 2.34. The van der Waals surface area contributed by atoms with Crippen LogP contribution in [-0.4, -0.2) is 39.5 Å². The van der Waals surface area contributed by atoms with Crippen LogP contribution in [-0.2, 0) is 34.5 Å². The van der Waals surface area contributed by atoms with Crippen LogP contribution >= 0.6 is 0 Å². The number of benzene rings is 1. The third-order valence-electron chi connectivity index (χ3n) is 5.29. The zero-order valence-corrected chi connectivity index (χ0v) is 16.2. The molecule has 148 valence electrons. The number of hydrogen-bond donors (Lipinski definition) is 0. The van der Waals surface area contributed by atoms with Crippen molar-refractivity contribution in [2.75, 3.05) is 6.79 Å². The number of carbonyl (C=O) groups is 2. The Morgan fingerprint density at radius 3 is 2.71 bits per heavy atom. The van der Waals surface area contributed by atoms with E-state index in [4.69, 9.17) is 14.2 Å². The van der Waals surface area contributed by atoms with Gasteiger partial charge < -0.3 is 19.1 Å². The second kappa shape index (κ2) is 7.18. The third kappa shape index (κ3) is 3.42. The molecule has 0 bridgehead atoms. The van der Waals surface area contributed by atoms with Gasteiger partial charge in [-0.2, -0.15) is 5.10 Å². The number of hydrogen-bond acceptors (Lipinski definition) is 6. The molecule has 0 N–H and O–H groups in total. The molecule has 28 heavy (non-hydrogen) atoms. The summed E-state index contributed by atoms with van der Waals surface area (Å²) in [6.07, 6.45) is -0.0294. The van der Waals surface area contributed by atoms with Crippen LogP contribution in [0.3, 0.4) is 0 Å². The minimum Gasteiger partial charge on any atom is -0.454 e. The number of nitrogens with zero attached hydrogens (tertiary/aromatic N) is 3. The van der Waals surface area contributed by atoms with Crippen molar-refractivity contribution in [3.05, 3.63) is 40.7 Å². The summed E-state index contributed by atoms with van der Waals surface area (Å²) in [5, 5.41) is 4.44. The Morgan fingerprint density at radius 1 is 1.25 bits per heavy atom. The zero-order chi connectivity index (χ0) is 19.8. The second-order valence-corrected chi connectivity index (χ2v) is 7.17. The minimum atomic E-state index is -0.723. The number of aromatic nitrogens is 2. The molecule has 1 saturated heterocycles. The minimum absolute atomic E-state index is 0.189.